The summed E-state index contributed by atoms with van der Waals surface area (Å²) < 4.78 is 0.496. The number of aromatic amines is 1. The smallest absolute Gasteiger partial charge is 0.267 e. The van der Waals surface area contributed by atoms with Gasteiger partial charge in [0.05, 0.1) is 6.33 Å². The average molecular weight is 307 g/mol. The molecule has 0 amide bonds. The van der Waals surface area contributed by atoms with Gasteiger partial charge in [0.1, 0.15) is 10.3 Å². The van der Waals surface area contributed by atoms with Crippen molar-refractivity contribution in [1.82, 2.24) is 9.97 Å². The predicted octanol–water partition coefficient (Wildman–Crippen LogP) is 1.99. The van der Waals surface area contributed by atoms with Crippen molar-refractivity contribution in [3.63, 3.8) is 0 Å². The van der Waals surface area contributed by atoms with Gasteiger partial charge in [0.2, 0.25) is 0 Å². The van der Waals surface area contributed by atoms with E-state index in [2.05, 4.69) is 37.7 Å². The molecule has 2 atom stereocenters. The van der Waals surface area contributed by atoms with E-state index >= 15 is 0 Å². The first-order valence-corrected chi connectivity index (χ1v) is 6.44. The predicted molar refractivity (Wildman–Crippen MR) is 68.2 cm³/mol. The van der Waals surface area contributed by atoms with Crippen LogP contribution in [0.15, 0.2) is 15.6 Å². The molecule has 0 radical (unpaired) electrons. The van der Waals surface area contributed by atoms with Crippen LogP contribution in [-0.2, 0) is 0 Å². The molecule has 1 aromatic heterocycles. The maximum atomic E-state index is 11.4. The van der Waals surface area contributed by atoms with Gasteiger partial charge in [0, 0.05) is 18.5 Å². The largest absolute Gasteiger partial charge is 0.355 e. The Morgan fingerprint density at radius 3 is 3.12 bits per heavy atom. The second kappa shape index (κ2) is 4.75. The van der Waals surface area contributed by atoms with E-state index in [0.29, 0.717) is 16.2 Å². The Labute approximate surface area is 107 Å². The number of alkyl halides is 1. The number of halogens is 2. The van der Waals surface area contributed by atoms with Crippen LogP contribution in [0.3, 0.4) is 0 Å². The lowest BCUT2D eigenvalue weighted by atomic mass is 10.00. The number of hydrogen-bond acceptors (Lipinski definition) is 3. The minimum atomic E-state index is -0.148. The molecule has 0 saturated carbocycles. The lowest BCUT2D eigenvalue weighted by Gasteiger charge is -2.35. The van der Waals surface area contributed by atoms with Gasteiger partial charge in [-0.1, -0.05) is 6.92 Å². The highest BCUT2D eigenvalue weighted by Gasteiger charge is 2.26. The van der Waals surface area contributed by atoms with Crippen molar-refractivity contribution in [2.24, 2.45) is 5.92 Å². The Hall–Kier alpha value is -0.550. The first kappa shape index (κ1) is 11.9. The number of nitrogens with one attached hydrogen (secondary N) is 1. The van der Waals surface area contributed by atoms with Gasteiger partial charge < -0.3 is 9.88 Å². The van der Waals surface area contributed by atoms with Crippen molar-refractivity contribution < 1.29 is 0 Å². The summed E-state index contributed by atoms with van der Waals surface area (Å²) in [6.45, 7) is 3.79. The highest BCUT2D eigenvalue weighted by molar-refractivity contribution is 9.10. The summed E-state index contributed by atoms with van der Waals surface area (Å²) in [5.41, 5.74) is -0.148. The summed E-state index contributed by atoms with van der Waals surface area (Å²) in [7, 11) is 0. The fourth-order valence-corrected chi connectivity index (χ4v) is 2.55. The zero-order valence-electron chi connectivity index (χ0n) is 8.91. The fourth-order valence-electron chi connectivity index (χ4n) is 1.90. The third kappa shape index (κ3) is 2.25. The van der Waals surface area contributed by atoms with Crippen molar-refractivity contribution in [3.05, 3.63) is 21.2 Å². The van der Waals surface area contributed by atoms with Gasteiger partial charge in [0.25, 0.3) is 5.56 Å². The Kier molecular flexibility index (Phi) is 3.54. The molecule has 2 heterocycles. The van der Waals surface area contributed by atoms with E-state index in [1.807, 2.05) is 0 Å². The van der Waals surface area contributed by atoms with Crippen molar-refractivity contribution >= 4 is 33.3 Å². The molecule has 2 rings (SSSR count). The summed E-state index contributed by atoms with van der Waals surface area (Å²) in [4.78, 5) is 20.3. The van der Waals surface area contributed by atoms with Crippen LogP contribution in [-0.4, -0.2) is 28.4 Å². The molecule has 1 aromatic rings. The zero-order chi connectivity index (χ0) is 11.7. The SMILES string of the molecule is CC1CN(c2nc[nH]c(=O)c2Br)CCC1Cl. The van der Waals surface area contributed by atoms with E-state index in [1.165, 1.54) is 6.33 Å². The van der Waals surface area contributed by atoms with Crippen molar-refractivity contribution in [1.29, 1.82) is 0 Å². The van der Waals surface area contributed by atoms with Gasteiger partial charge in [-0.2, -0.15) is 0 Å². The van der Waals surface area contributed by atoms with Gasteiger partial charge in [-0.25, -0.2) is 4.98 Å². The van der Waals surface area contributed by atoms with Gasteiger partial charge in [-0.15, -0.1) is 11.6 Å². The summed E-state index contributed by atoms with van der Waals surface area (Å²) in [6, 6.07) is 0. The lowest BCUT2D eigenvalue weighted by Crippen LogP contribution is -2.41. The molecule has 0 bridgehead atoms. The van der Waals surface area contributed by atoms with Crippen LogP contribution >= 0.6 is 27.5 Å². The van der Waals surface area contributed by atoms with Crippen LogP contribution in [0.1, 0.15) is 13.3 Å². The number of H-pyrrole nitrogens is 1. The van der Waals surface area contributed by atoms with Crippen LogP contribution in [0.4, 0.5) is 5.82 Å². The second-order valence-electron chi connectivity index (χ2n) is 4.10. The van der Waals surface area contributed by atoms with Crippen molar-refractivity contribution in [2.45, 2.75) is 18.7 Å². The minimum Gasteiger partial charge on any atom is -0.355 e. The number of aromatic nitrogens is 2. The summed E-state index contributed by atoms with van der Waals surface area (Å²) >= 11 is 9.43. The number of hydrogen-bond donors (Lipinski definition) is 1. The molecule has 1 N–H and O–H groups in total. The van der Waals surface area contributed by atoms with Gasteiger partial charge in [-0.3, -0.25) is 4.79 Å². The third-order valence-corrected chi connectivity index (χ3v) is 4.24. The highest BCUT2D eigenvalue weighted by Crippen LogP contribution is 2.27. The number of rotatable bonds is 1. The van der Waals surface area contributed by atoms with Crippen LogP contribution in [0, 0.1) is 5.92 Å². The average Bonchev–Trinajstić information content (AvgIpc) is 2.26. The van der Waals surface area contributed by atoms with Crippen LogP contribution in [0.5, 0.6) is 0 Å². The molecule has 88 valence electrons. The number of nitrogens with zero attached hydrogens (tertiary/aromatic N) is 2. The Morgan fingerprint density at radius 1 is 1.69 bits per heavy atom. The molecule has 4 nitrogen and oxygen atoms in total. The normalized spacial score (nSPS) is 25.8. The molecule has 2 unspecified atom stereocenters. The minimum absolute atomic E-state index is 0.148. The molecule has 1 aliphatic rings. The van der Waals surface area contributed by atoms with E-state index in [1.54, 1.807) is 0 Å². The fraction of sp³-hybridized carbons (Fsp3) is 0.600. The molecule has 16 heavy (non-hydrogen) atoms. The molecule has 1 aliphatic heterocycles. The van der Waals surface area contributed by atoms with Crippen molar-refractivity contribution in [3.8, 4) is 0 Å². The number of piperidine rings is 1. The first-order valence-electron chi connectivity index (χ1n) is 5.22. The number of anilines is 1. The Bertz CT molecular complexity index is 436. The van der Waals surface area contributed by atoms with Gasteiger partial charge >= 0.3 is 0 Å². The first-order chi connectivity index (χ1) is 7.59. The molecule has 1 saturated heterocycles. The molecular weight excluding hydrogens is 293 g/mol. The highest BCUT2D eigenvalue weighted by atomic mass is 79.9. The van der Waals surface area contributed by atoms with E-state index in [0.717, 1.165) is 19.5 Å². The molecular formula is C10H13BrClN3O. The van der Waals surface area contributed by atoms with Gasteiger partial charge in [0.15, 0.2) is 0 Å². The maximum Gasteiger partial charge on any atom is 0.267 e. The van der Waals surface area contributed by atoms with Crippen LogP contribution < -0.4 is 10.5 Å². The second-order valence-corrected chi connectivity index (χ2v) is 5.45. The van der Waals surface area contributed by atoms with Gasteiger partial charge in [-0.05, 0) is 28.3 Å². The zero-order valence-corrected chi connectivity index (χ0v) is 11.3. The maximum absolute atomic E-state index is 11.4. The summed E-state index contributed by atoms with van der Waals surface area (Å²) in [5.74, 6) is 1.11. The van der Waals surface area contributed by atoms with Crippen LogP contribution in [0.2, 0.25) is 0 Å². The lowest BCUT2D eigenvalue weighted by molar-refractivity contribution is 0.451. The van der Waals surface area contributed by atoms with E-state index in [-0.39, 0.29) is 10.9 Å². The van der Waals surface area contributed by atoms with E-state index in [9.17, 15) is 4.79 Å². The summed E-state index contributed by atoms with van der Waals surface area (Å²) in [6.07, 6.45) is 2.35. The third-order valence-electron chi connectivity index (χ3n) is 2.88. The standard InChI is InChI=1S/C10H13BrClN3O/c1-6-4-15(3-2-7(6)12)9-8(11)10(16)14-5-13-9/h5-7H,2-4H2,1H3,(H,13,14,16). The van der Waals surface area contributed by atoms with E-state index in [4.69, 9.17) is 11.6 Å². The quantitative estimate of drug-likeness (QED) is 0.807. The molecule has 0 aromatic carbocycles. The Balaban J connectivity index is 2.25. The molecule has 1 fully saturated rings. The molecule has 6 heteroatoms. The van der Waals surface area contributed by atoms with Crippen LogP contribution in [0.25, 0.3) is 0 Å². The monoisotopic (exact) mass is 305 g/mol. The summed E-state index contributed by atoms with van der Waals surface area (Å²) in [5, 5.41) is 0.219. The topological polar surface area (TPSA) is 49.0 Å². The molecule has 0 aliphatic carbocycles. The van der Waals surface area contributed by atoms with E-state index < -0.39 is 0 Å². The molecule has 0 spiro atoms. The van der Waals surface area contributed by atoms with Crippen molar-refractivity contribution in [2.75, 3.05) is 18.0 Å². The Morgan fingerprint density at radius 2 is 2.44 bits per heavy atom.